The Labute approximate surface area is 166 Å². The van der Waals surface area contributed by atoms with Crippen LogP contribution >= 0.6 is 11.6 Å². The Morgan fingerprint density at radius 1 is 1.18 bits per heavy atom. The zero-order valence-corrected chi connectivity index (χ0v) is 15.7. The molecule has 28 heavy (non-hydrogen) atoms. The SMILES string of the molecule is O=C(CN1C(=O)CCOc2ccccc21)OCc1cc2ccccc2nc1Cl. The van der Waals surface area contributed by atoms with Gasteiger partial charge in [0.05, 0.1) is 24.2 Å². The number of anilines is 1. The van der Waals surface area contributed by atoms with Crippen molar-refractivity contribution in [2.24, 2.45) is 0 Å². The van der Waals surface area contributed by atoms with E-state index in [2.05, 4.69) is 4.98 Å². The van der Waals surface area contributed by atoms with Crippen LogP contribution in [0.2, 0.25) is 5.15 Å². The van der Waals surface area contributed by atoms with Crippen LogP contribution in [0.15, 0.2) is 54.6 Å². The van der Waals surface area contributed by atoms with Crippen molar-refractivity contribution in [3.05, 3.63) is 65.3 Å². The van der Waals surface area contributed by atoms with Gasteiger partial charge in [-0.1, -0.05) is 41.9 Å². The number of ether oxygens (including phenoxy) is 2. The third-order valence-corrected chi connectivity index (χ3v) is 4.78. The standard InChI is InChI=1S/C21H17ClN2O4/c22-21-15(11-14-5-1-2-6-16(14)23-21)13-28-20(26)12-24-17-7-3-4-8-18(17)27-10-9-19(24)25/h1-8,11H,9-10,12-13H2. The number of benzene rings is 2. The van der Waals surface area contributed by atoms with Crippen molar-refractivity contribution in [2.45, 2.75) is 13.0 Å². The van der Waals surface area contributed by atoms with E-state index in [-0.39, 0.29) is 37.2 Å². The molecule has 1 aromatic heterocycles. The van der Waals surface area contributed by atoms with E-state index in [1.807, 2.05) is 36.4 Å². The van der Waals surface area contributed by atoms with Crippen molar-refractivity contribution in [1.29, 1.82) is 0 Å². The lowest BCUT2D eigenvalue weighted by molar-refractivity contribution is -0.144. The fourth-order valence-electron chi connectivity index (χ4n) is 3.06. The summed E-state index contributed by atoms with van der Waals surface area (Å²) in [6.45, 7) is 0.0628. The molecule has 1 aliphatic rings. The molecule has 0 bridgehead atoms. The van der Waals surface area contributed by atoms with Crippen molar-refractivity contribution < 1.29 is 19.1 Å². The fraction of sp³-hybridized carbons (Fsp3) is 0.190. The van der Waals surface area contributed by atoms with Crippen LogP contribution in [0.5, 0.6) is 5.75 Å². The van der Waals surface area contributed by atoms with Gasteiger partial charge in [0.1, 0.15) is 24.1 Å². The molecule has 0 fully saturated rings. The number of rotatable bonds is 4. The van der Waals surface area contributed by atoms with E-state index in [1.54, 1.807) is 18.2 Å². The van der Waals surface area contributed by atoms with Crippen LogP contribution in [0.4, 0.5) is 5.69 Å². The number of aromatic nitrogens is 1. The molecule has 0 radical (unpaired) electrons. The third-order valence-electron chi connectivity index (χ3n) is 4.46. The average Bonchev–Trinajstić information content (AvgIpc) is 2.85. The van der Waals surface area contributed by atoms with Gasteiger partial charge in [0.2, 0.25) is 5.91 Å². The van der Waals surface area contributed by atoms with Crippen molar-refractivity contribution in [3.63, 3.8) is 0 Å². The van der Waals surface area contributed by atoms with Gasteiger partial charge in [-0.3, -0.25) is 14.5 Å². The number of carbonyl (C=O) groups is 2. The Kier molecular flexibility index (Phi) is 5.12. The Morgan fingerprint density at radius 2 is 1.96 bits per heavy atom. The minimum Gasteiger partial charge on any atom is -0.491 e. The average molecular weight is 397 g/mol. The molecule has 0 spiro atoms. The summed E-state index contributed by atoms with van der Waals surface area (Å²) in [5.41, 5.74) is 1.95. The Hall–Kier alpha value is -3.12. The van der Waals surface area contributed by atoms with Gasteiger partial charge in [0.15, 0.2) is 0 Å². The lowest BCUT2D eigenvalue weighted by Gasteiger charge is -2.20. The summed E-state index contributed by atoms with van der Waals surface area (Å²) in [7, 11) is 0. The van der Waals surface area contributed by atoms with Crippen LogP contribution < -0.4 is 9.64 Å². The molecule has 6 nitrogen and oxygen atoms in total. The van der Waals surface area contributed by atoms with Crippen LogP contribution in [0.3, 0.4) is 0 Å². The van der Waals surface area contributed by atoms with Crippen molar-refractivity contribution in [2.75, 3.05) is 18.1 Å². The maximum Gasteiger partial charge on any atom is 0.326 e. The topological polar surface area (TPSA) is 68.7 Å². The van der Waals surface area contributed by atoms with Gasteiger partial charge >= 0.3 is 5.97 Å². The van der Waals surface area contributed by atoms with Crippen molar-refractivity contribution >= 4 is 40.1 Å². The number of pyridine rings is 1. The Morgan fingerprint density at radius 3 is 2.86 bits per heavy atom. The van der Waals surface area contributed by atoms with E-state index in [1.165, 1.54) is 4.90 Å². The maximum absolute atomic E-state index is 12.4. The predicted octanol–water partition coefficient (Wildman–Crippen LogP) is 3.75. The van der Waals surface area contributed by atoms with Gasteiger partial charge in [-0.2, -0.15) is 0 Å². The van der Waals surface area contributed by atoms with Gasteiger partial charge in [-0.25, -0.2) is 4.98 Å². The largest absolute Gasteiger partial charge is 0.491 e. The van der Waals surface area contributed by atoms with Gasteiger partial charge in [-0.15, -0.1) is 0 Å². The van der Waals surface area contributed by atoms with Crippen molar-refractivity contribution in [1.82, 2.24) is 4.98 Å². The van der Waals surface area contributed by atoms with Gasteiger partial charge in [-0.05, 0) is 24.3 Å². The van der Waals surface area contributed by atoms with Crippen LogP contribution in [-0.2, 0) is 20.9 Å². The highest BCUT2D eigenvalue weighted by Gasteiger charge is 2.25. The summed E-state index contributed by atoms with van der Waals surface area (Å²) >= 11 is 6.21. The van der Waals surface area contributed by atoms with Gasteiger partial charge < -0.3 is 9.47 Å². The zero-order valence-electron chi connectivity index (χ0n) is 14.9. The number of hydrogen-bond acceptors (Lipinski definition) is 5. The minimum atomic E-state index is -0.533. The minimum absolute atomic E-state index is 0.0182. The molecule has 0 saturated carbocycles. The quantitative estimate of drug-likeness (QED) is 0.496. The molecule has 142 valence electrons. The molecule has 1 aliphatic heterocycles. The normalized spacial score (nSPS) is 13.6. The predicted molar refractivity (Wildman–Crippen MR) is 105 cm³/mol. The van der Waals surface area contributed by atoms with Crippen LogP contribution in [0, 0.1) is 0 Å². The smallest absolute Gasteiger partial charge is 0.326 e. The van der Waals surface area contributed by atoms with Gasteiger partial charge in [0, 0.05) is 10.9 Å². The highest BCUT2D eigenvalue weighted by atomic mass is 35.5. The molecule has 2 aromatic carbocycles. The molecule has 0 atom stereocenters. The van der Waals surface area contributed by atoms with E-state index in [4.69, 9.17) is 21.1 Å². The van der Waals surface area contributed by atoms with Crippen molar-refractivity contribution in [3.8, 4) is 5.75 Å². The lowest BCUT2D eigenvalue weighted by Crippen LogP contribution is -2.36. The molecule has 4 rings (SSSR count). The number of amides is 1. The number of hydrogen-bond donors (Lipinski definition) is 0. The Bertz CT molecular complexity index is 1050. The summed E-state index contributed by atoms with van der Waals surface area (Å²) in [6, 6.07) is 16.5. The summed E-state index contributed by atoms with van der Waals surface area (Å²) in [5.74, 6) is -0.149. The van der Waals surface area contributed by atoms with Crippen LogP contribution in [-0.4, -0.2) is 30.0 Å². The fourth-order valence-corrected chi connectivity index (χ4v) is 3.26. The second-order valence-corrected chi connectivity index (χ2v) is 6.70. The lowest BCUT2D eigenvalue weighted by atomic mass is 10.2. The number of fused-ring (bicyclic) bond motifs is 2. The second kappa shape index (κ2) is 7.86. The molecule has 0 N–H and O–H groups in total. The highest BCUT2D eigenvalue weighted by molar-refractivity contribution is 6.30. The van der Waals surface area contributed by atoms with E-state index >= 15 is 0 Å². The van der Waals surface area contributed by atoms with Gasteiger partial charge in [0.25, 0.3) is 0 Å². The van der Waals surface area contributed by atoms with E-state index < -0.39 is 5.97 Å². The van der Waals surface area contributed by atoms with E-state index in [0.29, 0.717) is 17.0 Å². The monoisotopic (exact) mass is 396 g/mol. The first-order valence-corrected chi connectivity index (χ1v) is 9.21. The van der Waals surface area contributed by atoms with E-state index in [0.717, 1.165) is 10.9 Å². The first-order valence-electron chi connectivity index (χ1n) is 8.84. The second-order valence-electron chi connectivity index (χ2n) is 6.34. The molecule has 3 aromatic rings. The summed E-state index contributed by atoms with van der Waals surface area (Å²) in [6.07, 6.45) is 0.197. The first-order chi connectivity index (χ1) is 13.6. The molecular weight excluding hydrogens is 380 g/mol. The molecule has 2 heterocycles. The molecule has 0 unspecified atom stereocenters. The summed E-state index contributed by atoms with van der Waals surface area (Å²) in [5, 5.41) is 1.20. The van der Waals surface area contributed by atoms with E-state index in [9.17, 15) is 9.59 Å². The number of carbonyl (C=O) groups excluding carboxylic acids is 2. The molecule has 1 amide bonds. The number of nitrogens with zero attached hydrogens (tertiary/aromatic N) is 2. The number of halogens is 1. The summed E-state index contributed by atoms with van der Waals surface area (Å²) < 4.78 is 10.9. The summed E-state index contributed by atoms with van der Waals surface area (Å²) in [4.78, 5) is 30.5. The number of para-hydroxylation sites is 3. The molecule has 7 heteroatoms. The van der Waals surface area contributed by atoms with Crippen LogP contribution in [0.1, 0.15) is 12.0 Å². The zero-order chi connectivity index (χ0) is 19.5. The first kappa shape index (κ1) is 18.3. The number of esters is 1. The Balaban J connectivity index is 1.47. The van der Waals surface area contributed by atoms with Crippen LogP contribution in [0.25, 0.3) is 10.9 Å². The highest BCUT2D eigenvalue weighted by Crippen LogP contribution is 2.31. The molecule has 0 aliphatic carbocycles. The molecule has 0 saturated heterocycles. The maximum atomic E-state index is 12.4. The third kappa shape index (κ3) is 3.77. The molecular formula is C21H17ClN2O4.